The molecule has 0 bridgehead atoms. The zero-order valence-corrected chi connectivity index (χ0v) is 11.8. The standard InChI is InChI=1S/C13H17FN2O2S/c1-3-9-16(2)19(17,18)12-7-6-11(5-4-8-15)13(14)10-12/h6-7,10H,3,8-9,15H2,1-2H3. The van der Waals surface area contributed by atoms with E-state index >= 15 is 0 Å². The van der Waals surface area contributed by atoms with Crippen molar-refractivity contribution >= 4 is 10.0 Å². The van der Waals surface area contributed by atoms with Crippen molar-refractivity contribution in [1.82, 2.24) is 4.31 Å². The Hall–Kier alpha value is -1.42. The average Bonchev–Trinajstić information content (AvgIpc) is 2.37. The molecule has 0 saturated heterocycles. The Morgan fingerprint density at radius 3 is 2.63 bits per heavy atom. The van der Waals surface area contributed by atoms with Crippen LogP contribution in [0.4, 0.5) is 4.39 Å². The van der Waals surface area contributed by atoms with Gasteiger partial charge in [-0.25, -0.2) is 17.1 Å². The number of nitrogens with two attached hydrogens (primary N) is 1. The van der Waals surface area contributed by atoms with E-state index < -0.39 is 15.8 Å². The molecule has 0 fully saturated rings. The SMILES string of the molecule is CCCN(C)S(=O)(=O)c1ccc(C#CCN)c(F)c1. The summed E-state index contributed by atoms with van der Waals surface area (Å²) in [6, 6.07) is 3.69. The second-order valence-electron chi connectivity index (χ2n) is 3.97. The lowest BCUT2D eigenvalue weighted by atomic mass is 10.2. The minimum absolute atomic E-state index is 0.0701. The van der Waals surface area contributed by atoms with Gasteiger partial charge in [-0.1, -0.05) is 18.8 Å². The van der Waals surface area contributed by atoms with Gasteiger partial charge >= 0.3 is 0 Å². The summed E-state index contributed by atoms with van der Waals surface area (Å²) in [6.45, 7) is 2.38. The molecule has 19 heavy (non-hydrogen) atoms. The minimum Gasteiger partial charge on any atom is -0.320 e. The van der Waals surface area contributed by atoms with E-state index in [1.54, 1.807) is 0 Å². The first-order valence-electron chi connectivity index (χ1n) is 5.88. The highest BCUT2D eigenvalue weighted by atomic mass is 32.2. The van der Waals surface area contributed by atoms with E-state index in [1.165, 1.54) is 23.5 Å². The van der Waals surface area contributed by atoms with Crippen LogP contribution < -0.4 is 5.73 Å². The molecule has 0 radical (unpaired) electrons. The number of hydrogen-bond acceptors (Lipinski definition) is 3. The first-order valence-corrected chi connectivity index (χ1v) is 7.32. The fourth-order valence-corrected chi connectivity index (χ4v) is 2.79. The van der Waals surface area contributed by atoms with E-state index in [0.717, 1.165) is 6.07 Å². The molecule has 0 aliphatic carbocycles. The molecular formula is C13H17FN2O2S. The fraction of sp³-hybridized carbons (Fsp3) is 0.385. The summed E-state index contributed by atoms with van der Waals surface area (Å²) < 4.78 is 39.1. The Morgan fingerprint density at radius 2 is 2.11 bits per heavy atom. The Bertz CT molecular complexity index is 603. The van der Waals surface area contributed by atoms with Gasteiger partial charge < -0.3 is 5.73 Å². The van der Waals surface area contributed by atoms with Crippen LogP contribution in [0.1, 0.15) is 18.9 Å². The van der Waals surface area contributed by atoms with Gasteiger partial charge in [0.25, 0.3) is 0 Å². The van der Waals surface area contributed by atoms with Gasteiger partial charge in [0.1, 0.15) is 5.82 Å². The summed E-state index contributed by atoms with van der Waals surface area (Å²) >= 11 is 0. The Morgan fingerprint density at radius 1 is 1.42 bits per heavy atom. The Balaban J connectivity index is 3.14. The van der Waals surface area contributed by atoms with Crippen LogP contribution in [0.15, 0.2) is 23.1 Å². The van der Waals surface area contributed by atoms with Crippen molar-refractivity contribution in [2.75, 3.05) is 20.1 Å². The van der Waals surface area contributed by atoms with Gasteiger partial charge in [0.15, 0.2) is 0 Å². The van der Waals surface area contributed by atoms with E-state index in [-0.39, 0.29) is 17.0 Å². The van der Waals surface area contributed by atoms with Gasteiger partial charge in [0, 0.05) is 13.6 Å². The molecule has 1 aromatic carbocycles. The molecule has 0 aliphatic heterocycles. The number of hydrogen-bond donors (Lipinski definition) is 1. The molecule has 0 spiro atoms. The normalized spacial score (nSPS) is 11.2. The number of halogens is 1. The first kappa shape index (κ1) is 15.6. The van der Waals surface area contributed by atoms with Crippen molar-refractivity contribution in [3.63, 3.8) is 0 Å². The summed E-state index contributed by atoms with van der Waals surface area (Å²) in [7, 11) is -2.17. The highest BCUT2D eigenvalue weighted by Gasteiger charge is 2.20. The van der Waals surface area contributed by atoms with E-state index in [9.17, 15) is 12.8 Å². The Labute approximate surface area is 113 Å². The zero-order chi connectivity index (χ0) is 14.5. The molecular weight excluding hydrogens is 267 g/mol. The largest absolute Gasteiger partial charge is 0.320 e. The van der Waals surface area contributed by atoms with Gasteiger partial charge in [-0.05, 0) is 24.6 Å². The van der Waals surface area contributed by atoms with Crippen LogP contribution in [0, 0.1) is 17.7 Å². The number of sulfonamides is 1. The monoisotopic (exact) mass is 284 g/mol. The van der Waals surface area contributed by atoms with Crippen LogP contribution in [0.25, 0.3) is 0 Å². The molecule has 0 amide bonds. The molecule has 0 atom stereocenters. The van der Waals surface area contributed by atoms with Crippen molar-refractivity contribution in [3.05, 3.63) is 29.6 Å². The molecule has 6 heteroatoms. The molecule has 0 aromatic heterocycles. The van der Waals surface area contributed by atoms with E-state index in [2.05, 4.69) is 11.8 Å². The minimum atomic E-state index is -3.64. The highest BCUT2D eigenvalue weighted by Crippen LogP contribution is 2.17. The third-order valence-corrected chi connectivity index (χ3v) is 4.37. The third kappa shape index (κ3) is 3.77. The second-order valence-corrected chi connectivity index (χ2v) is 6.02. The maximum Gasteiger partial charge on any atom is 0.242 e. The lowest BCUT2D eigenvalue weighted by Crippen LogP contribution is -2.27. The van der Waals surface area contributed by atoms with E-state index in [4.69, 9.17) is 5.73 Å². The molecule has 1 aromatic rings. The topological polar surface area (TPSA) is 63.4 Å². The van der Waals surface area contributed by atoms with Crippen LogP contribution in [-0.4, -0.2) is 32.9 Å². The predicted octanol–water partition coefficient (Wildman–Crippen LogP) is 1.17. The fourth-order valence-electron chi connectivity index (χ4n) is 1.52. The summed E-state index contributed by atoms with van der Waals surface area (Å²) in [4.78, 5) is -0.0701. The maximum atomic E-state index is 13.7. The maximum absolute atomic E-state index is 13.7. The van der Waals surface area contributed by atoms with Gasteiger partial charge in [-0.2, -0.15) is 0 Å². The summed E-state index contributed by atoms with van der Waals surface area (Å²) in [5.74, 6) is 4.41. The molecule has 0 saturated carbocycles. The highest BCUT2D eigenvalue weighted by molar-refractivity contribution is 7.89. The summed E-state index contributed by atoms with van der Waals surface area (Å²) in [5, 5.41) is 0. The zero-order valence-electron chi connectivity index (χ0n) is 11.0. The van der Waals surface area contributed by atoms with Gasteiger partial charge in [0.05, 0.1) is 17.0 Å². The quantitative estimate of drug-likeness (QED) is 0.844. The average molecular weight is 284 g/mol. The smallest absolute Gasteiger partial charge is 0.242 e. The Kier molecular flexibility index (Phi) is 5.48. The molecule has 0 heterocycles. The van der Waals surface area contributed by atoms with Crippen molar-refractivity contribution in [1.29, 1.82) is 0 Å². The van der Waals surface area contributed by atoms with Crippen molar-refractivity contribution in [2.24, 2.45) is 5.73 Å². The summed E-state index contributed by atoms with van der Waals surface area (Å²) in [6.07, 6.45) is 0.693. The molecule has 1 rings (SSSR count). The lowest BCUT2D eigenvalue weighted by molar-refractivity contribution is 0.467. The molecule has 2 N–H and O–H groups in total. The van der Waals surface area contributed by atoms with Crippen molar-refractivity contribution in [3.8, 4) is 11.8 Å². The van der Waals surface area contributed by atoms with Crippen molar-refractivity contribution < 1.29 is 12.8 Å². The second kappa shape index (κ2) is 6.66. The van der Waals surface area contributed by atoms with E-state index in [1.807, 2.05) is 6.92 Å². The number of rotatable bonds is 4. The summed E-state index contributed by atoms with van der Waals surface area (Å²) in [5.41, 5.74) is 5.34. The lowest BCUT2D eigenvalue weighted by Gasteiger charge is -2.16. The predicted molar refractivity (Wildman–Crippen MR) is 72.4 cm³/mol. The van der Waals surface area contributed by atoms with E-state index in [0.29, 0.717) is 13.0 Å². The first-order chi connectivity index (χ1) is 8.93. The number of nitrogens with zero attached hydrogens (tertiary/aromatic N) is 1. The van der Waals surface area contributed by atoms with Crippen molar-refractivity contribution in [2.45, 2.75) is 18.2 Å². The van der Waals surface area contributed by atoms with Crippen LogP contribution in [0.3, 0.4) is 0 Å². The molecule has 0 unspecified atom stereocenters. The number of benzene rings is 1. The van der Waals surface area contributed by atoms with Crippen LogP contribution in [0.2, 0.25) is 0 Å². The van der Waals surface area contributed by atoms with Crippen LogP contribution in [0.5, 0.6) is 0 Å². The van der Waals surface area contributed by atoms with Gasteiger partial charge in [0.2, 0.25) is 10.0 Å². The third-order valence-electron chi connectivity index (χ3n) is 2.51. The van der Waals surface area contributed by atoms with Gasteiger partial charge in [-0.3, -0.25) is 0 Å². The van der Waals surface area contributed by atoms with Crippen LogP contribution in [-0.2, 0) is 10.0 Å². The van der Waals surface area contributed by atoms with Crippen LogP contribution >= 0.6 is 0 Å². The molecule has 4 nitrogen and oxygen atoms in total. The molecule has 104 valence electrons. The van der Waals surface area contributed by atoms with Gasteiger partial charge in [-0.15, -0.1) is 0 Å². The molecule has 0 aliphatic rings.